The van der Waals surface area contributed by atoms with E-state index in [0.29, 0.717) is 53.4 Å². The predicted molar refractivity (Wildman–Crippen MR) is 113 cm³/mol. The average Bonchev–Trinajstić information content (AvgIpc) is 3.47. The number of furan rings is 1. The van der Waals surface area contributed by atoms with Crippen molar-refractivity contribution < 1.29 is 19.1 Å². The van der Waals surface area contributed by atoms with Crippen LogP contribution in [-0.4, -0.2) is 49.2 Å². The van der Waals surface area contributed by atoms with Crippen molar-refractivity contribution in [3.63, 3.8) is 0 Å². The van der Waals surface area contributed by atoms with Crippen LogP contribution >= 0.6 is 0 Å². The van der Waals surface area contributed by atoms with Gasteiger partial charge in [-0.2, -0.15) is 5.10 Å². The molecule has 4 aromatic rings. The fourth-order valence-electron chi connectivity index (χ4n) is 4.33. The van der Waals surface area contributed by atoms with Gasteiger partial charge in [0, 0.05) is 18.1 Å². The maximum Gasteiger partial charge on any atom is 0.330 e. The molecule has 10 heteroatoms. The molecule has 3 N–H and O–H groups in total. The van der Waals surface area contributed by atoms with Gasteiger partial charge < -0.3 is 19.7 Å². The smallest absolute Gasteiger partial charge is 0.330 e. The van der Waals surface area contributed by atoms with Crippen LogP contribution in [0.5, 0.6) is 0 Å². The highest BCUT2D eigenvalue weighted by atomic mass is 16.4. The quantitative estimate of drug-likeness (QED) is 0.448. The zero-order valence-corrected chi connectivity index (χ0v) is 16.8. The van der Waals surface area contributed by atoms with E-state index in [1.165, 1.54) is 12.4 Å². The molecule has 0 bridgehead atoms. The van der Waals surface area contributed by atoms with Gasteiger partial charge in [-0.3, -0.25) is 9.89 Å². The molecule has 1 unspecified atom stereocenters. The first-order valence-electron chi connectivity index (χ1n) is 9.93. The molecule has 1 atom stereocenters. The Kier molecular flexibility index (Phi) is 4.35. The van der Waals surface area contributed by atoms with Crippen LogP contribution in [0.2, 0.25) is 0 Å². The summed E-state index contributed by atoms with van der Waals surface area (Å²) in [4.78, 5) is 36.0. The van der Waals surface area contributed by atoms with Crippen LogP contribution in [0.4, 0.5) is 11.5 Å². The number of aromatic amines is 1. The lowest BCUT2D eigenvalue weighted by Crippen LogP contribution is -2.53. The Morgan fingerprint density at radius 2 is 2.16 bits per heavy atom. The number of amides is 1. The summed E-state index contributed by atoms with van der Waals surface area (Å²) in [6.45, 7) is 2.20. The number of hydrogen-bond acceptors (Lipinski definition) is 7. The maximum absolute atomic E-state index is 12.7. The fraction of sp³-hybridized carbons (Fsp3) is 0.286. The normalized spacial score (nSPS) is 18.7. The van der Waals surface area contributed by atoms with E-state index >= 15 is 0 Å². The first-order chi connectivity index (χ1) is 15.0. The van der Waals surface area contributed by atoms with E-state index in [9.17, 15) is 14.7 Å². The van der Waals surface area contributed by atoms with Crippen molar-refractivity contribution >= 4 is 45.5 Å². The van der Waals surface area contributed by atoms with Crippen molar-refractivity contribution in [2.24, 2.45) is 0 Å². The third-order valence-corrected chi connectivity index (χ3v) is 5.69. The Bertz CT molecular complexity index is 1300. The van der Waals surface area contributed by atoms with Crippen LogP contribution in [-0.2, 0) is 9.59 Å². The van der Waals surface area contributed by atoms with E-state index in [2.05, 4.69) is 25.5 Å². The van der Waals surface area contributed by atoms with Gasteiger partial charge in [-0.1, -0.05) is 12.1 Å². The molecule has 0 spiro atoms. The molecule has 1 aliphatic heterocycles. The molecule has 1 amide bonds. The first-order valence-corrected chi connectivity index (χ1v) is 9.93. The number of aliphatic carboxylic acids is 1. The Morgan fingerprint density at radius 3 is 2.94 bits per heavy atom. The van der Waals surface area contributed by atoms with Crippen molar-refractivity contribution in [2.45, 2.75) is 31.7 Å². The van der Waals surface area contributed by atoms with Gasteiger partial charge in [0.2, 0.25) is 5.91 Å². The number of aromatic nitrogens is 4. The van der Waals surface area contributed by atoms with E-state index in [1.807, 2.05) is 24.3 Å². The monoisotopic (exact) mass is 420 g/mol. The number of hydrogen-bond donors (Lipinski definition) is 3. The highest BCUT2D eigenvalue weighted by Gasteiger charge is 2.51. The minimum atomic E-state index is -1.44. The Morgan fingerprint density at radius 1 is 1.32 bits per heavy atom. The van der Waals surface area contributed by atoms with Crippen molar-refractivity contribution in [2.75, 3.05) is 16.8 Å². The van der Waals surface area contributed by atoms with Gasteiger partial charge in [-0.05, 0) is 31.9 Å². The third-order valence-electron chi connectivity index (χ3n) is 5.69. The summed E-state index contributed by atoms with van der Waals surface area (Å²) >= 11 is 0. The van der Waals surface area contributed by atoms with Gasteiger partial charge >= 0.3 is 5.97 Å². The van der Waals surface area contributed by atoms with Crippen LogP contribution in [0.3, 0.4) is 0 Å². The van der Waals surface area contributed by atoms with Crippen molar-refractivity contribution in [3.8, 4) is 0 Å². The molecule has 0 aliphatic carbocycles. The molecule has 4 heterocycles. The number of carbonyl (C=O) groups excluding carboxylic acids is 1. The van der Waals surface area contributed by atoms with Crippen LogP contribution < -0.4 is 10.2 Å². The summed E-state index contributed by atoms with van der Waals surface area (Å²) in [7, 11) is 0. The van der Waals surface area contributed by atoms with E-state index in [0.717, 1.165) is 5.39 Å². The second-order valence-electron chi connectivity index (χ2n) is 7.67. The number of fused-ring (bicyclic) bond motifs is 3. The van der Waals surface area contributed by atoms with Crippen LogP contribution in [0.25, 0.3) is 22.1 Å². The molecule has 1 fully saturated rings. The number of para-hydroxylation sites is 1. The molecule has 5 rings (SSSR count). The molecule has 31 heavy (non-hydrogen) atoms. The van der Waals surface area contributed by atoms with Crippen molar-refractivity contribution in [3.05, 3.63) is 42.5 Å². The van der Waals surface area contributed by atoms with Gasteiger partial charge in [0.05, 0.1) is 18.3 Å². The van der Waals surface area contributed by atoms with E-state index in [1.54, 1.807) is 11.8 Å². The molecule has 1 aliphatic rings. The number of aryl methyl sites for hydroxylation is 1. The van der Waals surface area contributed by atoms with Crippen molar-refractivity contribution in [1.29, 1.82) is 0 Å². The first kappa shape index (κ1) is 19.0. The molecule has 1 saturated heterocycles. The summed E-state index contributed by atoms with van der Waals surface area (Å²) in [5.74, 6) is -0.590. The third kappa shape index (κ3) is 3.07. The lowest BCUT2D eigenvalue weighted by atomic mass is 9.91. The summed E-state index contributed by atoms with van der Waals surface area (Å²) in [6.07, 6.45) is 3.67. The Labute approximate surface area is 176 Å². The van der Waals surface area contributed by atoms with Gasteiger partial charge in [-0.15, -0.1) is 0 Å². The second-order valence-corrected chi connectivity index (χ2v) is 7.67. The minimum absolute atomic E-state index is 0.238. The summed E-state index contributed by atoms with van der Waals surface area (Å²) < 4.78 is 6.04. The molecule has 1 aromatic carbocycles. The Balaban J connectivity index is 1.60. The zero-order valence-electron chi connectivity index (χ0n) is 16.8. The molecule has 10 nitrogen and oxygen atoms in total. The van der Waals surface area contributed by atoms with Gasteiger partial charge in [-0.25, -0.2) is 14.8 Å². The predicted octanol–water partition coefficient (Wildman–Crippen LogP) is 2.86. The van der Waals surface area contributed by atoms with Gasteiger partial charge in [0.15, 0.2) is 11.4 Å². The number of rotatable bonds is 5. The molecule has 158 valence electrons. The van der Waals surface area contributed by atoms with Crippen LogP contribution in [0.15, 0.2) is 41.1 Å². The molecular formula is C21H20N6O4. The SMILES string of the molecule is Cc1nc(N2CCCC2(CC(=O)Nc2cn[nH]c2)C(=O)O)c2oc3ccccc3c2n1. The maximum atomic E-state index is 12.7. The number of carbonyl (C=O) groups is 2. The minimum Gasteiger partial charge on any atom is -0.479 e. The lowest BCUT2D eigenvalue weighted by molar-refractivity contribution is -0.144. The molecular weight excluding hydrogens is 400 g/mol. The van der Waals surface area contributed by atoms with Crippen LogP contribution in [0.1, 0.15) is 25.1 Å². The topological polar surface area (TPSA) is 137 Å². The number of nitrogens with one attached hydrogen (secondary N) is 2. The number of H-pyrrole nitrogens is 1. The Hall–Kier alpha value is -3.95. The van der Waals surface area contributed by atoms with E-state index in [-0.39, 0.29) is 6.42 Å². The highest BCUT2D eigenvalue weighted by molar-refractivity contribution is 6.07. The molecule has 3 aromatic heterocycles. The second kappa shape index (κ2) is 7.08. The van der Waals surface area contributed by atoms with Gasteiger partial charge in [0.25, 0.3) is 0 Å². The molecule has 0 saturated carbocycles. The van der Waals surface area contributed by atoms with E-state index in [4.69, 9.17) is 4.42 Å². The number of nitrogens with zero attached hydrogens (tertiary/aromatic N) is 4. The number of carboxylic acids is 1. The van der Waals surface area contributed by atoms with E-state index < -0.39 is 17.4 Å². The number of carboxylic acid groups (broad SMARTS) is 1. The summed E-state index contributed by atoms with van der Waals surface area (Å²) in [5.41, 5.74) is 0.742. The largest absolute Gasteiger partial charge is 0.479 e. The average molecular weight is 420 g/mol. The van der Waals surface area contributed by atoms with Crippen LogP contribution in [0, 0.1) is 6.92 Å². The lowest BCUT2D eigenvalue weighted by Gasteiger charge is -2.35. The van der Waals surface area contributed by atoms with Gasteiger partial charge in [0.1, 0.15) is 22.5 Å². The molecule has 0 radical (unpaired) electrons. The number of anilines is 2. The van der Waals surface area contributed by atoms with Crippen molar-refractivity contribution in [1.82, 2.24) is 20.2 Å². The standard InChI is InChI=1S/C21H20N6O4/c1-12-24-17-14-5-2-3-6-15(14)31-18(17)19(25-12)27-8-4-7-21(27,20(29)30)9-16(28)26-13-10-22-23-11-13/h2-3,5-6,10-11H,4,7-9H2,1H3,(H,22,23)(H,26,28)(H,29,30). The summed E-state index contributed by atoms with van der Waals surface area (Å²) in [6, 6.07) is 7.50. The number of benzene rings is 1. The fourth-order valence-corrected chi connectivity index (χ4v) is 4.33. The zero-order chi connectivity index (χ0) is 21.6. The summed E-state index contributed by atoms with van der Waals surface area (Å²) in [5, 5.41) is 20.2. The highest BCUT2D eigenvalue weighted by Crippen LogP contribution is 2.41.